The van der Waals surface area contributed by atoms with Crippen molar-refractivity contribution in [3.05, 3.63) is 102 Å². The van der Waals surface area contributed by atoms with Gasteiger partial charge in [0.2, 0.25) is 11.4 Å². The van der Waals surface area contributed by atoms with Crippen LogP contribution in [0.2, 0.25) is 0 Å². The van der Waals surface area contributed by atoms with Crippen LogP contribution < -0.4 is 0 Å². The predicted octanol–water partition coefficient (Wildman–Crippen LogP) is 40.9. The quantitative estimate of drug-likeness (QED) is 0.0207. The summed E-state index contributed by atoms with van der Waals surface area (Å²) in [6, 6.07) is 17.1. The fourth-order valence-corrected chi connectivity index (χ4v) is 17.6. The Kier molecular flexibility index (Phi) is 95.9. The van der Waals surface area contributed by atoms with E-state index in [9.17, 15) is 5.53 Å². The summed E-state index contributed by atoms with van der Waals surface area (Å²) in [7, 11) is 0. The molecule has 1 aliphatic rings. The van der Waals surface area contributed by atoms with Crippen LogP contribution in [-0.4, -0.2) is 4.70 Å². The van der Waals surface area contributed by atoms with Crippen molar-refractivity contribution in [1.82, 2.24) is 0 Å². The number of benzene rings is 2. The van der Waals surface area contributed by atoms with Crippen molar-refractivity contribution in [3.63, 3.8) is 0 Å². The molecule has 0 radical (unpaired) electrons. The molecular weight excluding hydrogens is 1520 g/mol. The Bertz CT molecular complexity index is 2450. The number of hydrogen-bond donors (Lipinski definition) is 0. The fourth-order valence-electron chi connectivity index (χ4n) is 17.6. The molecule has 0 aliphatic carbocycles. The van der Waals surface area contributed by atoms with E-state index in [1.165, 1.54) is 529 Å². The van der Waals surface area contributed by atoms with E-state index in [0.29, 0.717) is 0 Å². The minimum atomic E-state index is 0. The molecular formula is C115H204N2Pd. The molecule has 0 saturated heterocycles. The van der Waals surface area contributed by atoms with Crippen LogP contribution in [0.15, 0.2) is 60.2 Å². The van der Waals surface area contributed by atoms with Gasteiger partial charge in [0.1, 0.15) is 0 Å². The Labute approximate surface area is 756 Å². The molecule has 2 aromatic carbocycles. The topological polar surface area (TPSA) is 25.3 Å². The summed E-state index contributed by atoms with van der Waals surface area (Å²) in [5, 5.41) is 0. The van der Waals surface area contributed by atoms with E-state index in [-0.39, 0.29) is 20.4 Å². The summed E-state index contributed by atoms with van der Waals surface area (Å²) in [5.41, 5.74) is 19.2. The summed E-state index contributed by atoms with van der Waals surface area (Å²) in [6.07, 6.45) is 125. The third-order valence-electron chi connectivity index (χ3n) is 25.5. The van der Waals surface area contributed by atoms with Gasteiger partial charge in [0.25, 0.3) is 0 Å². The molecule has 684 valence electrons. The van der Waals surface area contributed by atoms with Crippen LogP contribution in [-0.2, 0) is 33.3 Å². The van der Waals surface area contributed by atoms with Crippen LogP contribution in [0.4, 0.5) is 0 Å². The molecule has 0 amide bonds. The van der Waals surface area contributed by atoms with E-state index in [4.69, 9.17) is 0 Å². The van der Waals surface area contributed by atoms with Gasteiger partial charge in [-0.2, -0.15) is 12.8 Å². The van der Waals surface area contributed by atoms with Crippen LogP contribution in [0.25, 0.3) is 16.9 Å². The SMILES string of the molecule is CCCCCCCCCCCCCCCCCCC#CCCc1ccccc1C1=CC(C)=C(c2ccccc2CCC#CCCCCCCCCCCCCCCCCCC)[N+]1=[N-].[CH2-]CCCCCCCCCCCCCCCCCCCCCCCCCC.[CH2-]CCCCCCCCCCCCCCCCCCCCCCCCCC.[Pd+2]. The van der Waals surface area contributed by atoms with Crippen molar-refractivity contribution < 1.29 is 25.1 Å². The maximum atomic E-state index is 11.7. The molecule has 3 heteroatoms. The Hall–Kier alpha value is -2.70. The van der Waals surface area contributed by atoms with Crippen LogP contribution in [0.3, 0.4) is 0 Å². The van der Waals surface area contributed by atoms with Crippen molar-refractivity contribution in [2.45, 2.75) is 600 Å². The Morgan fingerprint density at radius 1 is 0.237 bits per heavy atom. The van der Waals surface area contributed by atoms with Crippen LogP contribution in [0, 0.1) is 37.5 Å². The van der Waals surface area contributed by atoms with E-state index >= 15 is 0 Å². The summed E-state index contributed by atoms with van der Waals surface area (Å²) in [5.74, 6) is 13.8. The van der Waals surface area contributed by atoms with E-state index in [0.717, 1.165) is 79.5 Å². The van der Waals surface area contributed by atoms with Gasteiger partial charge in [-0.1, -0.05) is 565 Å². The number of allylic oxidation sites excluding steroid dienone is 2. The van der Waals surface area contributed by atoms with Crippen LogP contribution in [0.1, 0.15) is 609 Å². The van der Waals surface area contributed by atoms with Gasteiger partial charge in [0.05, 0.1) is 0 Å². The van der Waals surface area contributed by atoms with Crippen molar-refractivity contribution in [3.8, 4) is 23.7 Å². The first-order valence-electron chi connectivity index (χ1n) is 53.6. The van der Waals surface area contributed by atoms with E-state index in [2.05, 4.69) is 127 Å². The summed E-state index contributed by atoms with van der Waals surface area (Å²) in [4.78, 5) is 0. The number of aryl methyl sites for hydroxylation is 2. The first kappa shape index (κ1) is 115. The molecule has 1 aliphatic heterocycles. The van der Waals surface area contributed by atoms with Crippen LogP contribution >= 0.6 is 0 Å². The number of rotatable bonds is 86. The summed E-state index contributed by atoms with van der Waals surface area (Å²) >= 11 is 0. The molecule has 0 spiro atoms. The Balaban J connectivity index is 0.00000205. The third kappa shape index (κ3) is 78.1. The van der Waals surface area contributed by atoms with Crippen molar-refractivity contribution in [2.24, 2.45) is 0 Å². The Morgan fingerprint density at radius 3 is 0.636 bits per heavy atom. The molecule has 0 aromatic heterocycles. The molecule has 118 heavy (non-hydrogen) atoms. The van der Waals surface area contributed by atoms with Gasteiger partial charge in [-0.3, -0.25) is 0 Å². The molecule has 0 bridgehead atoms. The smallest absolute Gasteiger partial charge is 0.493 e. The van der Waals surface area contributed by atoms with Crippen molar-refractivity contribution >= 4 is 11.4 Å². The Morgan fingerprint density at radius 2 is 0.415 bits per heavy atom. The maximum absolute atomic E-state index is 11.7. The van der Waals surface area contributed by atoms with Crippen molar-refractivity contribution in [2.75, 3.05) is 0 Å². The minimum Gasteiger partial charge on any atom is -0.493 e. The van der Waals surface area contributed by atoms with Gasteiger partial charge in [0, 0.05) is 48.5 Å². The van der Waals surface area contributed by atoms with Gasteiger partial charge in [-0.15, -0.1) is 23.7 Å². The standard InChI is InChI=1S/C61H94N2.2C27H55.Pd/c1-4-6-8-10-12-14-16-18-20-22-24-26-28-30-32-34-36-38-40-42-48-56-50-44-46-52-58(56)60-54-55(3)61(63(60)62)59-53-47-45-51-57(59)49-43-41-39-37-35-33-31-29-27-25-23-21-19-17-15-13-11-9-7-5-2;2*1-3-5-7-9-11-13-15-17-19-21-23-25-27-26-24-22-20-18-16-14-12-10-8-6-4-2;/h44-47,50-54H,4-37,42-43,48-49H2,1-3H3;2*1,3-27H2,2H3;/q;2*-1;+2. The van der Waals surface area contributed by atoms with Gasteiger partial charge in [-0.05, 0) is 55.9 Å². The van der Waals surface area contributed by atoms with Gasteiger partial charge in [0.15, 0.2) is 0 Å². The van der Waals surface area contributed by atoms with E-state index in [1.807, 2.05) is 0 Å². The minimum absolute atomic E-state index is 0. The van der Waals surface area contributed by atoms with E-state index < -0.39 is 0 Å². The molecule has 0 N–H and O–H groups in total. The van der Waals surface area contributed by atoms with Gasteiger partial charge < -0.3 is 19.4 Å². The number of nitrogens with zero attached hydrogens (tertiary/aromatic N) is 2. The number of unbranched alkanes of at least 4 members (excludes halogenated alkanes) is 80. The summed E-state index contributed by atoms with van der Waals surface area (Å²) in [6.45, 7) is 19.1. The summed E-state index contributed by atoms with van der Waals surface area (Å²) < 4.78 is 1.43. The van der Waals surface area contributed by atoms with E-state index in [1.54, 1.807) is 0 Å². The molecule has 2 nitrogen and oxygen atoms in total. The molecule has 1 heterocycles. The molecule has 0 fully saturated rings. The zero-order chi connectivity index (χ0) is 84.0. The molecule has 0 unspecified atom stereocenters. The molecule has 0 atom stereocenters. The first-order chi connectivity index (χ1) is 58.0. The second kappa shape index (κ2) is 98.1. The third-order valence-corrected chi connectivity index (χ3v) is 25.5. The average molecular weight is 1720 g/mol. The molecule has 0 saturated carbocycles. The molecule has 2 aromatic rings. The zero-order valence-electron chi connectivity index (χ0n) is 80.5. The first-order valence-corrected chi connectivity index (χ1v) is 53.6. The number of hydrogen-bond acceptors (Lipinski definition) is 0. The molecule has 3 rings (SSSR count). The fraction of sp³-hybridized carbons (Fsp3) is 0.809. The largest absolute Gasteiger partial charge is 2.00 e. The average Bonchev–Trinajstić information content (AvgIpc) is 1.63. The second-order valence-corrected chi connectivity index (χ2v) is 37.0. The van der Waals surface area contributed by atoms with Gasteiger partial charge >= 0.3 is 20.4 Å². The zero-order valence-corrected chi connectivity index (χ0v) is 82.1. The predicted molar refractivity (Wildman–Crippen MR) is 531 cm³/mol. The van der Waals surface area contributed by atoms with Crippen LogP contribution in [0.5, 0.6) is 0 Å². The monoisotopic (exact) mass is 1720 g/mol. The normalized spacial score (nSPS) is 11.8. The van der Waals surface area contributed by atoms with Gasteiger partial charge in [-0.25, -0.2) is 4.70 Å². The second-order valence-electron chi connectivity index (χ2n) is 37.0. The van der Waals surface area contributed by atoms with Crippen molar-refractivity contribution in [1.29, 1.82) is 0 Å². The maximum Gasteiger partial charge on any atom is 2.00 e.